The van der Waals surface area contributed by atoms with Crippen molar-refractivity contribution in [2.75, 3.05) is 5.73 Å². The number of benzene rings is 1. The Labute approximate surface area is 97.7 Å². The second kappa shape index (κ2) is 4.99. The first-order valence-electron chi connectivity index (χ1n) is 4.84. The molecule has 2 rings (SSSR count). The number of halogens is 1. The molecule has 4 heteroatoms. The van der Waals surface area contributed by atoms with E-state index in [2.05, 4.69) is 4.98 Å². The predicted molar refractivity (Wildman–Crippen MR) is 64.6 cm³/mol. The molecule has 0 amide bonds. The van der Waals surface area contributed by atoms with Crippen LogP contribution in [0.1, 0.15) is 5.69 Å². The van der Waals surface area contributed by atoms with Gasteiger partial charge in [-0.15, -0.1) is 11.8 Å². The van der Waals surface area contributed by atoms with Crippen molar-refractivity contribution in [3.05, 3.63) is 54.0 Å². The lowest BCUT2D eigenvalue weighted by Gasteiger charge is -2.02. The third-order valence-corrected chi connectivity index (χ3v) is 3.07. The lowest BCUT2D eigenvalue weighted by atomic mass is 10.3. The fourth-order valence-corrected chi connectivity index (χ4v) is 2.07. The molecule has 0 unspecified atom stereocenters. The fourth-order valence-electron chi connectivity index (χ4n) is 1.27. The Kier molecular flexibility index (Phi) is 3.41. The number of rotatable bonds is 3. The van der Waals surface area contributed by atoms with Gasteiger partial charge in [0.2, 0.25) is 0 Å². The maximum absolute atomic E-state index is 12.7. The van der Waals surface area contributed by atoms with Gasteiger partial charge >= 0.3 is 0 Å². The summed E-state index contributed by atoms with van der Waals surface area (Å²) in [4.78, 5) is 5.21. The molecule has 16 heavy (non-hydrogen) atoms. The van der Waals surface area contributed by atoms with Crippen molar-refractivity contribution in [2.24, 2.45) is 0 Å². The normalized spacial score (nSPS) is 10.3. The van der Waals surface area contributed by atoms with Crippen LogP contribution in [0.3, 0.4) is 0 Å². The SMILES string of the molecule is Nc1cccc(CSc2ccc(F)cc2)n1. The molecule has 0 bridgehead atoms. The summed E-state index contributed by atoms with van der Waals surface area (Å²) in [5.41, 5.74) is 6.50. The number of nitrogens with two attached hydrogens (primary N) is 1. The Bertz CT molecular complexity index is 471. The first kappa shape index (κ1) is 11.0. The molecular weight excluding hydrogens is 223 g/mol. The Morgan fingerprint density at radius 3 is 2.56 bits per heavy atom. The monoisotopic (exact) mass is 234 g/mol. The summed E-state index contributed by atoms with van der Waals surface area (Å²) in [6, 6.07) is 12.0. The second-order valence-electron chi connectivity index (χ2n) is 3.30. The zero-order chi connectivity index (χ0) is 11.4. The van der Waals surface area contributed by atoms with Crippen LogP contribution in [-0.4, -0.2) is 4.98 Å². The predicted octanol–water partition coefficient (Wildman–Crippen LogP) is 3.10. The number of aromatic nitrogens is 1. The summed E-state index contributed by atoms with van der Waals surface area (Å²) < 4.78 is 12.7. The molecule has 0 atom stereocenters. The van der Waals surface area contributed by atoms with E-state index in [1.54, 1.807) is 30.0 Å². The Balaban J connectivity index is 1.99. The summed E-state index contributed by atoms with van der Waals surface area (Å²) in [5.74, 6) is 1.04. The molecule has 1 aromatic carbocycles. The molecule has 2 nitrogen and oxygen atoms in total. The minimum Gasteiger partial charge on any atom is -0.384 e. The summed E-state index contributed by atoms with van der Waals surface area (Å²) in [6.07, 6.45) is 0. The first-order chi connectivity index (χ1) is 7.74. The molecule has 0 radical (unpaired) electrons. The van der Waals surface area contributed by atoms with E-state index in [-0.39, 0.29) is 5.82 Å². The van der Waals surface area contributed by atoms with E-state index in [4.69, 9.17) is 5.73 Å². The molecular formula is C12H11FN2S. The zero-order valence-corrected chi connectivity index (χ0v) is 9.38. The molecule has 0 aliphatic carbocycles. The summed E-state index contributed by atoms with van der Waals surface area (Å²) in [5, 5.41) is 0. The van der Waals surface area contributed by atoms with Crippen LogP contribution in [0.4, 0.5) is 10.2 Å². The highest BCUT2D eigenvalue weighted by atomic mass is 32.2. The van der Waals surface area contributed by atoms with Crippen LogP contribution in [0.15, 0.2) is 47.4 Å². The van der Waals surface area contributed by atoms with Crippen LogP contribution in [-0.2, 0) is 5.75 Å². The quantitative estimate of drug-likeness (QED) is 0.829. The average Bonchev–Trinajstić information content (AvgIpc) is 2.28. The number of thioether (sulfide) groups is 1. The van der Waals surface area contributed by atoms with Gasteiger partial charge < -0.3 is 5.73 Å². The number of nitrogens with zero attached hydrogens (tertiary/aromatic N) is 1. The number of hydrogen-bond acceptors (Lipinski definition) is 3. The van der Waals surface area contributed by atoms with E-state index < -0.39 is 0 Å². The average molecular weight is 234 g/mol. The minimum atomic E-state index is -0.216. The maximum Gasteiger partial charge on any atom is 0.123 e. The van der Waals surface area contributed by atoms with Crippen LogP contribution in [0, 0.1) is 5.82 Å². The van der Waals surface area contributed by atoms with E-state index in [1.807, 2.05) is 12.1 Å². The number of nitrogen functional groups attached to an aromatic ring is 1. The summed E-state index contributed by atoms with van der Waals surface area (Å²) >= 11 is 1.61. The molecule has 0 fully saturated rings. The van der Waals surface area contributed by atoms with Gasteiger partial charge in [0.1, 0.15) is 11.6 Å². The van der Waals surface area contributed by atoms with Crippen LogP contribution in [0.5, 0.6) is 0 Å². The van der Waals surface area contributed by atoms with Crippen molar-refractivity contribution >= 4 is 17.6 Å². The van der Waals surface area contributed by atoms with Gasteiger partial charge in [-0.3, -0.25) is 0 Å². The molecule has 2 aromatic rings. The molecule has 0 saturated heterocycles. The third-order valence-electron chi connectivity index (χ3n) is 2.03. The molecule has 0 aliphatic heterocycles. The third kappa shape index (κ3) is 2.97. The molecule has 2 N–H and O–H groups in total. The second-order valence-corrected chi connectivity index (χ2v) is 4.35. The highest BCUT2D eigenvalue weighted by Crippen LogP contribution is 2.22. The largest absolute Gasteiger partial charge is 0.384 e. The van der Waals surface area contributed by atoms with Crippen LogP contribution in [0.2, 0.25) is 0 Å². The minimum absolute atomic E-state index is 0.216. The summed E-state index contributed by atoms with van der Waals surface area (Å²) in [7, 11) is 0. The van der Waals surface area contributed by atoms with Gasteiger partial charge in [-0.25, -0.2) is 9.37 Å². The van der Waals surface area contributed by atoms with Gasteiger partial charge in [-0.1, -0.05) is 6.07 Å². The molecule has 0 aliphatic rings. The first-order valence-corrected chi connectivity index (χ1v) is 5.82. The van der Waals surface area contributed by atoms with Crippen molar-refractivity contribution in [3.8, 4) is 0 Å². The van der Waals surface area contributed by atoms with Gasteiger partial charge in [0.05, 0.1) is 5.69 Å². The van der Waals surface area contributed by atoms with E-state index in [9.17, 15) is 4.39 Å². The van der Waals surface area contributed by atoms with Crippen LogP contribution in [0.25, 0.3) is 0 Å². The highest BCUT2D eigenvalue weighted by Gasteiger charge is 1.98. The Hall–Kier alpha value is -1.55. The van der Waals surface area contributed by atoms with E-state index in [0.29, 0.717) is 5.82 Å². The lowest BCUT2D eigenvalue weighted by molar-refractivity contribution is 0.626. The van der Waals surface area contributed by atoms with Gasteiger partial charge in [-0.05, 0) is 36.4 Å². The molecule has 1 heterocycles. The number of pyridine rings is 1. The summed E-state index contributed by atoms with van der Waals surface area (Å²) in [6.45, 7) is 0. The van der Waals surface area contributed by atoms with Gasteiger partial charge in [0.15, 0.2) is 0 Å². The van der Waals surface area contributed by atoms with Gasteiger partial charge in [0, 0.05) is 10.6 Å². The van der Waals surface area contributed by atoms with Crippen molar-refractivity contribution in [1.29, 1.82) is 0 Å². The van der Waals surface area contributed by atoms with Gasteiger partial charge in [0.25, 0.3) is 0 Å². The van der Waals surface area contributed by atoms with Crippen LogP contribution >= 0.6 is 11.8 Å². The maximum atomic E-state index is 12.7. The van der Waals surface area contributed by atoms with Crippen LogP contribution < -0.4 is 5.73 Å². The molecule has 0 spiro atoms. The van der Waals surface area contributed by atoms with Crippen molar-refractivity contribution in [1.82, 2.24) is 4.98 Å². The van der Waals surface area contributed by atoms with E-state index >= 15 is 0 Å². The standard InChI is InChI=1S/C12H11FN2S/c13-9-4-6-11(7-5-9)16-8-10-2-1-3-12(14)15-10/h1-7H,8H2,(H2,14,15). The number of anilines is 1. The van der Waals surface area contributed by atoms with Crippen molar-refractivity contribution in [3.63, 3.8) is 0 Å². The zero-order valence-electron chi connectivity index (χ0n) is 8.56. The highest BCUT2D eigenvalue weighted by molar-refractivity contribution is 7.98. The Morgan fingerprint density at radius 2 is 1.88 bits per heavy atom. The fraction of sp³-hybridized carbons (Fsp3) is 0.0833. The van der Waals surface area contributed by atoms with Gasteiger partial charge in [-0.2, -0.15) is 0 Å². The molecule has 1 aromatic heterocycles. The lowest BCUT2D eigenvalue weighted by Crippen LogP contribution is -1.93. The molecule has 82 valence electrons. The Morgan fingerprint density at radius 1 is 1.12 bits per heavy atom. The number of hydrogen-bond donors (Lipinski definition) is 1. The van der Waals surface area contributed by atoms with E-state index in [0.717, 1.165) is 16.3 Å². The topological polar surface area (TPSA) is 38.9 Å². The van der Waals surface area contributed by atoms with Crippen molar-refractivity contribution < 1.29 is 4.39 Å². The molecule has 0 saturated carbocycles. The van der Waals surface area contributed by atoms with E-state index in [1.165, 1.54) is 12.1 Å². The smallest absolute Gasteiger partial charge is 0.123 e. The van der Waals surface area contributed by atoms with Crippen molar-refractivity contribution in [2.45, 2.75) is 10.6 Å².